The fourth-order valence-electron chi connectivity index (χ4n) is 9.02. The smallest absolute Gasteiger partial charge is 0.256 e. The third-order valence-corrected chi connectivity index (χ3v) is 12.2. The molecular formula is C38H51FN6O2. The molecule has 0 radical (unpaired) electrons. The number of likely N-dealkylation sites (tertiary alicyclic amines) is 3. The topological polar surface area (TPSA) is 64.9 Å². The Bertz CT molecular complexity index is 1650. The Morgan fingerprint density at radius 3 is 2.45 bits per heavy atom. The first kappa shape index (κ1) is 32.3. The monoisotopic (exact) mass is 642 g/mol. The third-order valence-electron chi connectivity index (χ3n) is 12.2. The van der Waals surface area contributed by atoms with Crippen molar-refractivity contribution in [3.63, 3.8) is 0 Å². The minimum absolute atomic E-state index is 0.00182. The van der Waals surface area contributed by atoms with Crippen molar-refractivity contribution >= 4 is 22.7 Å². The second-order valence-corrected chi connectivity index (χ2v) is 15.4. The van der Waals surface area contributed by atoms with Gasteiger partial charge in [0.2, 0.25) is 5.91 Å². The van der Waals surface area contributed by atoms with Crippen LogP contribution in [-0.4, -0.2) is 105 Å². The first-order chi connectivity index (χ1) is 22.5. The van der Waals surface area contributed by atoms with E-state index < -0.39 is 5.82 Å². The van der Waals surface area contributed by atoms with Gasteiger partial charge in [-0.25, -0.2) is 4.39 Å². The number of benzene rings is 1. The highest BCUT2D eigenvalue weighted by Gasteiger charge is 2.47. The number of carbonyl (C=O) groups excluding carboxylic acids is 2. The summed E-state index contributed by atoms with van der Waals surface area (Å²) in [7, 11) is 1.77. The summed E-state index contributed by atoms with van der Waals surface area (Å²) in [5.74, 6) is 2.26. The number of amides is 2. The molecule has 4 fully saturated rings. The van der Waals surface area contributed by atoms with Crippen LogP contribution in [0.15, 0.2) is 36.8 Å². The fraction of sp³-hybridized carbons (Fsp3) is 0.605. The third kappa shape index (κ3) is 5.99. The van der Waals surface area contributed by atoms with E-state index in [9.17, 15) is 14.0 Å². The van der Waals surface area contributed by atoms with Crippen molar-refractivity contribution in [1.29, 1.82) is 0 Å². The van der Waals surface area contributed by atoms with Crippen molar-refractivity contribution in [1.82, 2.24) is 29.2 Å². The van der Waals surface area contributed by atoms with E-state index in [1.54, 1.807) is 24.9 Å². The predicted octanol–water partition coefficient (Wildman–Crippen LogP) is 5.40. The normalized spacial score (nSPS) is 27.1. The maximum Gasteiger partial charge on any atom is 0.256 e. The minimum Gasteiger partial charge on any atom is -0.342 e. The van der Waals surface area contributed by atoms with E-state index >= 15 is 0 Å². The maximum absolute atomic E-state index is 14.5. The Morgan fingerprint density at radius 2 is 1.77 bits per heavy atom. The molecule has 3 aliphatic heterocycles. The lowest BCUT2D eigenvalue weighted by molar-refractivity contribution is -0.128. The van der Waals surface area contributed by atoms with Crippen LogP contribution in [0.25, 0.3) is 16.6 Å². The minimum atomic E-state index is -0.415. The van der Waals surface area contributed by atoms with Crippen LogP contribution in [0, 0.1) is 36.4 Å². The second-order valence-electron chi connectivity index (χ2n) is 15.4. The molecule has 2 amide bonds. The number of hydrogen-bond donors (Lipinski definition) is 0. The van der Waals surface area contributed by atoms with Gasteiger partial charge in [-0.05, 0) is 113 Å². The molecule has 252 valence electrons. The van der Waals surface area contributed by atoms with E-state index in [0.717, 1.165) is 62.7 Å². The van der Waals surface area contributed by atoms with E-state index in [1.807, 2.05) is 31.1 Å². The molecule has 47 heavy (non-hydrogen) atoms. The number of fused-ring (bicyclic) bond motifs is 2. The summed E-state index contributed by atoms with van der Waals surface area (Å²) in [6, 6.07) is 5.83. The number of aromatic nitrogens is 2. The van der Waals surface area contributed by atoms with Crippen molar-refractivity contribution in [2.75, 3.05) is 46.3 Å². The molecule has 1 saturated carbocycles. The van der Waals surface area contributed by atoms with Gasteiger partial charge in [-0.2, -0.15) is 0 Å². The second kappa shape index (κ2) is 12.6. The first-order valence-electron chi connectivity index (χ1n) is 17.7. The van der Waals surface area contributed by atoms with Gasteiger partial charge < -0.3 is 19.3 Å². The van der Waals surface area contributed by atoms with Crippen LogP contribution in [0.3, 0.4) is 0 Å². The number of nitrogens with zero attached hydrogens (tertiary/aromatic N) is 6. The Labute approximate surface area is 278 Å². The van der Waals surface area contributed by atoms with Crippen LogP contribution in [0.2, 0.25) is 0 Å². The van der Waals surface area contributed by atoms with Gasteiger partial charge >= 0.3 is 0 Å². The molecule has 5 heterocycles. The van der Waals surface area contributed by atoms with Crippen LogP contribution >= 0.6 is 0 Å². The summed E-state index contributed by atoms with van der Waals surface area (Å²) in [5, 5.41) is 1.19. The molecule has 4 atom stereocenters. The Balaban J connectivity index is 1.02. The molecule has 7 rings (SSSR count). The number of halogens is 1. The molecule has 3 aromatic rings. The van der Waals surface area contributed by atoms with Gasteiger partial charge in [0.1, 0.15) is 5.82 Å². The van der Waals surface area contributed by atoms with Gasteiger partial charge in [-0.15, -0.1) is 0 Å². The van der Waals surface area contributed by atoms with Gasteiger partial charge in [-0.3, -0.25) is 19.5 Å². The molecule has 3 saturated heterocycles. The molecule has 0 spiro atoms. The molecule has 9 heteroatoms. The molecule has 0 bridgehead atoms. The molecule has 2 aromatic heterocycles. The summed E-state index contributed by atoms with van der Waals surface area (Å²) in [4.78, 5) is 39.0. The lowest BCUT2D eigenvalue weighted by Crippen LogP contribution is -2.51. The molecule has 1 aliphatic carbocycles. The number of rotatable bonds is 8. The summed E-state index contributed by atoms with van der Waals surface area (Å²) in [6.45, 7) is 16.6. The summed E-state index contributed by atoms with van der Waals surface area (Å²) < 4.78 is 16.6. The summed E-state index contributed by atoms with van der Waals surface area (Å²) in [6.07, 6.45) is 10.7. The van der Waals surface area contributed by atoms with Gasteiger partial charge in [0.25, 0.3) is 5.91 Å². The summed E-state index contributed by atoms with van der Waals surface area (Å²) >= 11 is 0. The molecule has 4 aliphatic rings. The van der Waals surface area contributed by atoms with E-state index in [-0.39, 0.29) is 17.9 Å². The molecule has 1 unspecified atom stereocenters. The molecule has 8 nitrogen and oxygen atoms in total. The zero-order valence-electron chi connectivity index (χ0n) is 29.0. The number of hydrogen-bond acceptors (Lipinski definition) is 5. The van der Waals surface area contributed by atoms with E-state index in [2.05, 4.69) is 39.4 Å². The molecule has 0 N–H and O–H groups in total. The number of aryl methyl sites for hydroxylation is 1. The van der Waals surface area contributed by atoms with E-state index in [1.165, 1.54) is 42.3 Å². The Hall–Kier alpha value is -3.30. The van der Waals surface area contributed by atoms with Gasteiger partial charge in [-0.1, -0.05) is 0 Å². The highest BCUT2D eigenvalue weighted by Crippen LogP contribution is 2.42. The van der Waals surface area contributed by atoms with Crippen LogP contribution in [0.1, 0.15) is 68.4 Å². The van der Waals surface area contributed by atoms with Crippen LogP contribution in [0.4, 0.5) is 4.39 Å². The lowest BCUT2D eigenvalue weighted by atomic mass is 9.75. The first-order valence-corrected chi connectivity index (χ1v) is 17.7. The number of pyridine rings is 1. The Morgan fingerprint density at radius 1 is 1.04 bits per heavy atom. The van der Waals surface area contributed by atoms with Gasteiger partial charge in [0.15, 0.2) is 0 Å². The van der Waals surface area contributed by atoms with Gasteiger partial charge in [0, 0.05) is 82.6 Å². The average Bonchev–Trinajstić information content (AvgIpc) is 3.79. The summed E-state index contributed by atoms with van der Waals surface area (Å²) in [5.41, 5.74) is 4.39. The number of carbonyl (C=O) groups is 2. The van der Waals surface area contributed by atoms with Crippen molar-refractivity contribution in [3.05, 3.63) is 59.3 Å². The highest BCUT2D eigenvalue weighted by molar-refractivity contribution is 5.99. The zero-order chi connectivity index (χ0) is 33.1. The maximum atomic E-state index is 14.5. The van der Waals surface area contributed by atoms with Crippen LogP contribution in [0.5, 0.6) is 0 Å². The highest BCUT2D eigenvalue weighted by atomic mass is 19.1. The molecule has 1 aromatic carbocycles. The van der Waals surface area contributed by atoms with Crippen molar-refractivity contribution < 1.29 is 14.0 Å². The van der Waals surface area contributed by atoms with Crippen LogP contribution < -0.4 is 0 Å². The van der Waals surface area contributed by atoms with Crippen molar-refractivity contribution in [2.45, 2.75) is 78.4 Å². The van der Waals surface area contributed by atoms with Crippen molar-refractivity contribution in [3.8, 4) is 5.69 Å². The SMILES string of the molecule is CC(=O)N1C[C@@H]2CN(C3CC(C(C)N4CC[C@H](Cc5cn(-c6ccc(F)cc6C(=O)N(C)C(C)C)c6cncc(C)c56)C4)C3)C[C@H]2C1. The largest absolute Gasteiger partial charge is 0.342 e. The fourth-order valence-corrected chi connectivity index (χ4v) is 9.02. The molecular weight excluding hydrogens is 591 g/mol. The average molecular weight is 643 g/mol. The Kier molecular flexibility index (Phi) is 8.66. The van der Waals surface area contributed by atoms with Gasteiger partial charge in [0.05, 0.1) is 23.0 Å². The van der Waals surface area contributed by atoms with E-state index in [4.69, 9.17) is 0 Å². The predicted molar refractivity (Wildman–Crippen MR) is 183 cm³/mol. The standard InChI is InChI=1S/C38H51FN6O2/c1-23(2)41(6)38(47)34-14-32(39)7-8-35(34)45-22-29(37-24(3)15-40-16-36(37)45)11-27-9-10-42(17-27)25(4)28-12-33(13-28)44-20-30-18-43(26(5)46)19-31(30)21-44/h7-8,14-16,22-23,25,27-28,30-31,33H,9-13,17-21H2,1-6H3/t25?,27-,28?,30-,31-,33?/m1/s1. The quantitative estimate of drug-likeness (QED) is 0.330. The zero-order valence-corrected chi connectivity index (χ0v) is 29.0. The lowest BCUT2D eigenvalue weighted by Gasteiger charge is -2.46. The van der Waals surface area contributed by atoms with Crippen molar-refractivity contribution in [2.24, 2.45) is 23.7 Å². The van der Waals surface area contributed by atoms with E-state index in [0.29, 0.717) is 41.1 Å². The van der Waals surface area contributed by atoms with Crippen LogP contribution in [-0.2, 0) is 11.2 Å².